The van der Waals surface area contributed by atoms with E-state index >= 15 is 0 Å². The fraction of sp³-hybridized carbons (Fsp3) is 0.316. The van der Waals surface area contributed by atoms with Gasteiger partial charge in [0.1, 0.15) is 0 Å². The summed E-state index contributed by atoms with van der Waals surface area (Å²) in [5, 5.41) is 10.1. The van der Waals surface area contributed by atoms with Gasteiger partial charge in [-0.15, -0.1) is 0 Å². The Hall–Kier alpha value is -1.27. The first-order valence-corrected chi connectivity index (χ1v) is 16.1. The van der Waals surface area contributed by atoms with Gasteiger partial charge in [-0.25, -0.2) is 0 Å². The SMILES string of the molecule is C[CH](CC(C#N)(c1ccccc1)c1ccccc1)[SnH]([CH3])[CH3]. The van der Waals surface area contributed by atoms with Crippen molar-refractivity contribution in [2.24, 2.45) is 0 Å². The van der Waals surface area contributed by atoms with Crippen LogP contribution in [0.3, 0.4) is 0 Å². The predicted octanol–water partition coefficient (Wildman–Crippen LogP) is 4.76. The Labute approximate surface area is 135 Å². The topological polar surface area (TPSA) is 23.8 Å². The van der Waals surface area contributed by atoms with Crippen LogP contribution < -0.4 is 0 Å². The van der Waals surface area contributed by atoms with Crippen LogP contribution in [0.4, 0.5) is 0 Å². The molecule has 0 saturated heterocycles. The maximum atomic E-state index is 10.1. The van der Waals surface area contributed by atoms with Crippen molar-refractivity contribution >= 4 is 19.8 Å². The molecule has 0 N–H and O–H groups in total. The third kappa shape index (κ3) is 3.49. The van der Waals surface area contributed by atoms with Crippen LogP contribution >= 0.6 is 0 Å². The Bertz CT molecular complexity index is 559. The van der Waals surface area contributed by atoms with Gasteiger partial charge < -0.3 is 0 Å². The molecule has 1 nitrogen and oxygen atoms in total. The van der Waals surface area contributed by atoms with Crippen molar-refractivity contribution in [1.29, 1.82) is 5.26 Å². The van der Waals surface area contributed by atoms with Gasteiger partial charge in [0, 0.05) is 0 Å². The van der Waals surface area contributed by atoms with Crippen molar-refractivity contribution in [1.82, 2.24) is 0 Å². The first-order valence-electron chi connectivity index (χ1n) is 7.62. The summed E-state index contributed by atoms with van der Waals surface area (Å²) in [6.07, 6.45) is 0.936. The molecule has 0 aromatic heterocycles. The number of nitriles is 1. The van der Waals surface area contributed by atoms with Crippen LogP contribution in [0, 0.1) is 11.3 Å². The molecule has 2 aromatic carbocycles. The van der Waals surface area contributed by atoms with Gasteiger partial charge in [0.05, 0.1) is 0 Å². The summed E-state index contributed by atoms with van der Waals surface area (Å²) in [4.78, 5) is 4.87. The standard InChI is InChI=1S/C17H16N.2CH3.Sn.H/c1-2-13-17(14-18,15-9-5-3-6-10-15)16-11-7-4-8-12-16;;;;/h2-12H,13H2,1H3;2*1H3;;. The average Bonchev–Trinajstić information content (AvgIpc) is 2.54. The van der Waals surface area contributed by atoms with Gasteiger partial charge in [-0.1, -0.05) is 0 Å². The number of hydrogen-bond acceptors (Lipinski definition) is 1. The number of benzene rings is 2. The zero-order valence-electron chi connectivity index (χ0n) is 13.1. The molecule has 0 heterocycles. The Morgan fingerprint density at radius 3 is 1.71 bits per heavy atom. The summed E-state index contributed by atoms with van der Waals surface area (Å²) in [5.74, 6) is 0. The van der Waals surface area contributed by atoms with Crippen molar-refractivity contribution in [3.8, 4) is 6.07 Å². The van der Waals surface area contributed by atoms with Gasteiger partial charge in [0.15, 0.2) is 0 Å². The van der Waals surface area contributed by atoms with E-state index in [2.05, 4.69) is 47.1 Å². The Kier molecular flexibility index (Phi) is 5.47. The van der Waals surface area contributed by atoms with Crippen molar-refractivity contribution in [2.45, 2.75) is 32.6 Å². The Balaban J connectivity index is 2.55. The van der Waals surface area contributed by atoms with Crippen molar-refractivity contribution in [3.05, 3.63) is 71.8 Å². The molecule has 21 heavy (non-hydrogen) atoms. The summed E-state index contributed by atoms with van der Waals surface area (Å²) in [6, 6.07) is 23.2. The van der Waals surface area contributed by atoms with E-state index in [0.717, 1.165) is 17.5 Å². The molecule has 0 aliphatic rings. The molecule has 0 saturated carbocycles. The third-order valence-electron chi connectivity index (χ3n) is 4.49. The van der Waals surface area contributed by atoms with Crippen molar-refractivity contribution < 1.29 is 0 Å². The Morgan fingerprint density at radius 1 is 0.952 bits per heavy atom. The monoisotopic (exact) mass is 385 g/mol. The first-order chi connectivity index (χ1) is 10.1. The van der Waals surface area contributed by atoms with Crippen LogP contribution in [0.25, 0.3) is 0 Å². The molecule has 0 amide bonds. The van der Waals surface area contributed by atoms with Crippen LogP contribution in [0.1, 0.15) is 24.5 Å². The zero-order valence-corrected chi connectivity index (χ0v) is 16.4. The van der Waals surface area contributed by atoms with E-state index in [0.29, 0.717) is 3.93 Å². The van der Waals surface area contributed by atoms with Gasteiger partial charge in [-0.05, 0) is 0 Å². The molecule has 108 valence electrons. The van der Waals surface area contributed by atoms with Gasteiger partial charge in [-0.2, -0.15) is 0 Å². The molecule has 0 aliphatic heterocycles. The summed E-state index contributed by atoms with van der Waals surface area (Å²) in [6.45, 7) is 2.33. The van der Waals surface area contributed by atoms with E-state index in [1.54, 1.807) is 0 Å². The molecule has 0 aliphatic carbocycles. The molecular formula is C19H23NSn. The van der Waals surface area contributed by atoms with Crippen molar-refractivity contribution in [2.75, 3.05) is 0 Å². The van der Waals surface area contributed by atoms with Crippen molar-refractivity contribution in [3.63, 3.8) is 0 Å². The molecule has 2 heteroatoms. The van der Waals surface area contributed by atoms with Gasteiger partial charge in [0.2, 0.25) is 0 Å². The van der Waals surface area contributed by atoms with Crippen LogP contribution in [0.15, 0.2) is 60.7 Å². The number of nitrogens with zero attached hydrogens (tertiary/aromatic N) is 1. The van der Waals surface area contributed by atoms with Gasteiger partial charge in [-0.3, -0.25) is 0 Å². The normalized spacial score (nSPS) is 12.9. The zero-order chi connectivity index (χ0) is 15.3. The molecule has 0 bridgehead atoms. The fourth-order valence-corrected chi connectivity index (χ4v) is 5.10. The number of hydrogen-bond donors (Lipinski definition) is 0. The predicted molar refractivity (Wildman–Crippen MR) is 92.2 cm³/mol. The van der Waals surface area contributed by atoms with Crippen LogP contribution in [-0.4, -0.2) is 19.8 Å². The Morgan fingerprint density at radius 2 is 1.38 bits per heavy atom. The second-order valence-electron chi connectivity index (χ2n) is 6.17. The molecular weight excluding hydrogens is 361 g/mol. The van der Waals surface area contributed by atoms with Gasteiger partial charge >= 0.3 is 135 Å². The third-order valence-corrected chi connectivity index (χ3v) is 11.7. The molecule has 2 aromatic rings. The quantitative estimate of drug-likeness (QED) is 0.682. The van der Waals surface area contributed by atoms with Crippen LogP contribution in [0.5, 0.6) is 0 Å². The summed E-state index contributed by atoms with van der Waals surface area (Å²) in [5.41, 5.74) is 1.73. The van der Waals surface area contributed by atoms with E-state index < -0.39 is 25.2 Å². The fourth-order valence-electron chi connectivity index (χ4n) is 2.74. The summed E-state index contributed by atoms with van der Waals surface area (Å²) < 4.78 is 0.687. The average molecular weight is 384 g/mol. The molecule has 2 rings (SSSR count). The minimum atomic E-state index is -1.46. The first kappa shape index (κ1) is 16.1. The molecule has 0 fully saturated rings. The minimum absolute atomic E-state index is 0.511. The van der Waals surface area contributed by atoms with E-state index in [-0.39, 0.29) is 0 Å². The molecule has 1 atom stereocenters. The number of rotatable bonds is 5. The maximum absolute atomic E-state index is 10.1. The van der Waals surface area contributed by atoms with E-state index in [1.165, 1.54) is 0 Å². The second-order valence-corrected chi connectivity index (χ2v) is 16.5. The van der Waals surface area contributed by atoms with E-state index in [1.807, 2.05) is 36.4 Å². The second kappa shape index (κ2) is 7.13. The van der Waals surface area contributed by atoms with E-state index in [4.69, 9.17) is 0 Å². The van der Waals surface area contributed by atoms with Crippen LogP contribution in [-0.2, 0) is 5.41 Å². The summed E-state index contributed by atoms with van der Waals surface area (Å²) >= 11 is -1.46. The van der Waals surface area contributed by atoms with Gasteiger partial charge in [0.25, 0.3) is 0 Å². The molecule has 1 unspecified atom stereocenters. The summed E-state index contributed by atoms with van der Waals surface area (Å²) in [7, 11) is 0. The van der Waals surface area contributed by atoms with E-state index in [9.17, 15) is 5.26 Å². The van der Waals surface area contributed by atoms with Crippen LogP contribution in [0.2, 0.25) is 13.8 Å². The molecule has 0 radical (unpaired) electrons. The molecule has 0 spiro atoms.